The third-order valence-corrected chi connectivity index (χ3v) is 6.57. The van der Waals surface area contributed by atoms with E-state index in [1.54, 1.807) is 14.7 Å². The van der Waals surface area contributed by atoms with Gasteiger partial charge >= 0.3 is 23.9 Å². The lowest BCUT2D eigenvalue weighted by atomic mass is 10.2. The van der Waals surface area contributed by atoms with Crippen molar-refractivity contribution in [2.45, 2.75) is 38.5 Å². The Balaban J connectivity index is 2.60. The van der Waals surface area contributed by atoms with Gasteiger partial charge in [0.25, 0.3) is 0 Å². The molecular weight excluding hydrogens is 542 g/mol. The summed E-state index contributed by atoms with van der Waals surface area (Å²) in [6.45, 7) is 2.80. The van der Waals surface area contributed by atoms with Crippen molar-refractivity contribution in [1.82, 2.24) is 24.9 Å². The number of carboxylic acid groups (broad SMARTS) is 3. The quantitative estimate of drug-likeness (QED) is 0.0909. The maximum absolute atomic E-state index is 12.6. The minimum atomic E-state index is -1.02. The van der Waals surface area contributed by atoms with Crippen LogP contribution in [0.3, 0.4) is 0 Å². The molecule has 0 spiro atoms. The van der Waals surface area contributed by atoms with Crippen molar-refractivity contribution in [2.24, 2.45) is 0 Å². The van der Waals surface area contributed by atoms with Crippen LogP contribution in [0.25, 0.3) is 0 Å². The number of ether oxygens (including phenoxy) is 1. The van der Waals surface area contributed by atoms with Gasteiger partial charge in [0, 0.05) is 71.9 Å². The molecule has 1 saturated heterocycles. The van der Waals surface area contributed by atoms with Gasteiger partial charge in [-0.25, -0.2) is 0 Å². The highest BCUT2D eigenvalue weighted by Crippen LogP contribution is 2.03. The molecule has 0 aromatic rings. The first-order chi connectivity index (χ1) is 19.6. The molecule has 15 heteroatoms. The molecule has 41 heavy (non-hydrogen) atoms. The molecule has 0 radical (unpaired) electrons. The molecule has 0 unspecified atom stereocenters. The summed E-state index contributed by atoms with van der Waals surface area (Å²) in [5.74, 6) is -3.53. The predicted molar refractivity (Wildman–Crippen MR) is 147 cm³/mol. The molecule has 5 N–H and O–H groups in total. The first-order valence-electron chi connectivity index (χ1n) is 14.2. The van der Waals surface area contributed by atoms with E-state index in [0.717, 1.165) is 6.42 Å². The van der Waals surface area contributed by atoms with Crippen LogP contribution in [0.5, 0.6) is 0 Å². The summed E-state index contributed by atoms with van der Waals surface area (Å²) in [7, 11) is 0. The maximum Gasteiger partial charge on any atom is 0.317 e. The fourth-order valence-electron chi connectivity index (χ4n) is 4.31. The summed E-state index contributed by atoms with van der Waals surface area (Å²) in [6.07, 6.45) is 3.65. The van der Waals surface area contributed by atoms with Crippen LogP contribution in [-0.4, -0.2) is 168 Å². The van der Waals surface area contributed by atoms with Crippen LogP contribution in [-0.2, 0) is 28.7 Å². The Morgan fingerprint density at radius 3 is 1.44 bits per heavy atom. The number of aliphatic hydroxyl groups excluding tert-OH is 1. The fourth-order valence-corrected chi connectivity index (χ4v) is 4.31. The predicted octanol–water partition coefficient (Wildman–Crippen LogP) is -1.55. The van der Waals surface area contributed by atoms with E-state index in [2.05, 4.69) is 5.32 Å². The average molecular weight is 590 g/mol. The summed E-state index contributed by atoms with van der Waals surface area (Å²) >= 11 is 0. The van der Waals surface area contributed by atoms with Gasteiger partial charge < -0.3 is 30.5 Å². The number of nitrogens with one attached hydrogen (secondary N) is 1. The molecular formula is C26H47N5O10. The Labute approximate surface area is 241 Å². The molecule has 1 aliphatic heterocycles. The largest absolute Gasteiger partial charge is 0.480 e. The SMILES string of the molecule is O=C(O)CN1CCN(CC(=O)O)CCN(CC(=O)NCCCCOC(=O)CCCCCO)CCN(CC(=O)O)CC1. The number of amides is 1. The summed E-state index contributed by atoms with van der Waals surface area (Å²) in [6, 6.07) is 0. The standard InChI is InChI=1S/C26H47N5O10/c32-16-4-1-2-6-26(40)41-17-5-3-7-27-22(33)18-28-8-10-29(19-23(34)35)12-14-31(21-25(38)39)15-13-30(11-9-28)20-24(36)37/h32H,1-21H2,(H,27,33)(H,34,35)(H,36,37)(H,38,39). The van der Waals surface area contributed by atoms with E-state index in [9.17, 15) is 39.3 Å². The number of hydrogen-bond donors (Lipinski definition) is 5. The zero-order chi connectivity index (χ0) is 30.5. The second-order valence-electron chi connectivity index (χ2n) is 10.1. The van der Waals surface area contributed by atoms with Crippen LogP contribution < -0.4 is 5.32 Å². The molecule has 1 amide bonds. The van der Waals surface area contributed by atoms with Crippen molar-refractivity contribution < 1.29 is 49.1 Å². The van der Waals surface area contributed by atoms with Gasteiger partial charge in [-0.15, -0.1) is 0 Å². The molecule has 0 aliphatic carbocycles. The molecule has 1 rings (SSSR count). The van der Waals surface area contributed by atoms with E-state index in [1.807, 2.05) is 4.90 Å². The Morgan fingerprint density at radius 1 is 0.585 bits per heavy atom. The van der Waals surface area contributed by atoms with E-state index in [4.69, 9.17) is 9.84 Å². The van der Waals surface area contributed by atoms with E-state index in [-0.39, 0.29) is 51.3 Å². The zero-order valence-corrected chi connectivity index (χ0v) is 23.9. The van der Waals surface area contributed by atoms with Crippen LogP contribution in [0, 0.1) is 0 Å². The summed E-state index contributed by atoms with van der Waals surface area (Å²) < 4.78 is 5.17. The van der Waals surface area contributed by atoms with Gasteiger partial charge in [-0.05, 0) is 25.7 Å². The van der Waals surface area contributed by atoms with E-state index >= 15 is 0 Å². The normalized spacial score (nSPS) is 16.8. The van der Waals surface area contributed by atoms with Crippen molar-refractivity contribution in [3.8, 4) is 0 Å². The lowest BCUT2D eigenvalue weighted by Crippen LogP contribution is -2.49. The van der Waals surface area contributed by atoms with Crippen LogP contribution >= 0.6 is 0 Å². The number of rotatable bonds is 18. The summed E-state index contributed by atoms with van der Waals surface area (Å²) in [5, 5.41) is 39.5. The van der Waals surface area contributed by atoms with Crippen molar-refractivity contribution in [2.75, 3.05) is 98.3 Å². The van der Waals surface area contributed by atoms with Crippen molar-refractivity contribution in [1.29, 1.82) is 0 Å². The third kappa shape index (κ3) is 19.8. The van der Waals surface area contributed by atoms with Gasteiger partial charge in [-0.1, -0.05) is 6.42 Å². The Morgan fingerprint density at radius 2 is 1.02 bits per heavy atom. The zero-order valence-electron chi connectivity index (χ0n) is 23.9. The van der Waals surface area contributed by atoms with Gasteiger partial charge in [0.2, 0.25) is 5.91 Å². The van der Waals surface area contributed by atoms with Crippen LogP contribution in [0.2, 0.25) is 0 Å². The van der Waals surface area contributed by atoms with Crippen molar-refractivity contribution >= 4 is 29.8 Å². The number of carboxylic acids is 3. The Bertz CT molecular complexity index is 784. The first-order valence-corrected chi connectivity index (χ1v) is 14.2. The number of carbonyl (C=O) groups excluding carboxylic acids is 2. The fraction of sp³-hybridized carbons (Fsp3) is 0.808. The lowest BCUT2D eigenvalue weighted by molar-refractivity contribution is -0.144. The molecule has 1 fully saturated rings. The minimum absolute atomic E-state index is 0.0514. The van der Waals surface area contributed by atoms with E-state index < -0.39 is 17.9 Å². The van der Waals surface area contributed by atoms with Crippen LogP contribution in [0.15, 0.2) is 0 Å². The van der Waals surface area contributed by atoms with E-state index in [0.29, 0.717) is 91.0 Å². The topological polar surface area (TPSA) is 200 Å². The molecule has 1 heterocycles. The average Bonchev–Trinajstić information content (AvgIpc) is 2.89. The van der Waals surface area contributed by atoms with Gasteiger partial charge in [0.15, 0.2) is 0 Å². The molecule has 0 atom stereocenters. The lowest BCUT2D eigenvalue weighted by Gasteiger charge is -2.32. The number of unbranched alkanes of at least 4 members (excludes halogenated alkanes) is 3. The van der Waals surface area contributed by atoms with Crippen LogP contribution in [0.4, 0.5) is 0 Å². The second-order valence-corrected chi connectivity index (χ2v) is 10.1. The molecule has 0 aromatic carbocycles. The number of nitrogens with zero attached hydrogens (tertiary/aromatic N) is 4. The minimum Gasteiger partial charge on any atom is -0.480 e. The van der Waals surface area contributed by atoms with Gasteiger partial charge in [-0.2, -0.15) is 0 Å². The number of aliphatic hydroxyl groups is 1. The molecule has 0 bridgehead atoms. The molecule has 0 saturated carbocycles. The monoisotopic (exact) mass is 589 g/mol. The summed E-state index contributed by atoms with van der Waals surface area (Å²) in [4.78, 5) is 65.3. The molecule has 236 valence electrons. The molecule has 1 aliphatic rings. The summed E-state index contributed by atoms with van der Waals surface area (Å²) in [5.41, 5.74) is 0. The third-order valence-electron chi connectivity index (χ3n) is 6.57. The number of carbonyl (C=O) groups is 5. The van der Waals surface area contributed by atoms with Crippen LogP contribution in [0.1, 0.15) is 38.5 Å². The molecule has 15 nitrogen and oxygen atoms in total. The maximum atomic E-state index is 12.6. The van der Waals surface area contributed by atoms with E-state index in [1.165, 1.54) is 0 Å². The number of esters is 1. The number of aliphatic carboxylic acids is 3. The molecule has 0 aromatic heterocycles. The smallest absolute Gasteiger partial charge is 0.317 e. The van der Waals surface area contributed by atoms with Gasteiger partial charge in [0.1, 0.15) is 0 Å². The Kier molecular flexibility index (Phi) is 19.3. The Hall–Kier alpha value is -2.85. The van der Waals surface area contributed by atoms with Gasteiger partial charge in [0.05, 0.1) is 32.8 Å². The first kappa shape index (κ1) is 36.2. The second kappa shape index (κ2) is 21.8. The van der Waals surface area contributed by atoms with Crippen molar-refractivity contribution in [3.05, 3.63) is 0 Å². The highest BCUT2D eigenvalue weighted by molar-refractivity contribution is 5.78. The van der Waals surface area contributed by atoms with Crippen molar-refractivity contribution in [3.63, 3.8) is 0 Å². The number of hydrogen-bond acceptors (Lipinski definition) is 11. The highest BCUT2D eigenvalue weighted by atomic mass is 16.5. The highest BCUT2D eigenvalue weighted by Gasteiger charge is 2.21. The van der Waals surface area contributed by atoms with Gasteiger partial charge in [-0.3, -0.25) is 43.6 Å².